The van der Waals surface area contributed by atoms with Gasteiger partial charge in [0.25, 0.3) is 0 Å². The normalized spacial score (nSPS) is 11.1. The van der Waals surface area contributed by atoms with Gasteiger partial charge in [0.1, 0.15) is 0 Å². The van der Waals surface area contributed by atoms with Crippen molar-refractivity contribution in [3.63, 3.8) is 0 Å². The fourth-order valence-electron chi connectivity index (χ4n) is 2.12. The summed E-state index contributed by atoms with van der Waals surface area (Å²) in [6.07, 6.45) is 3.94. The van der Waals surface area contributed by atoms with Crippen LogP contribution in [0.5, 0.6) is 0 Å². The highest BCUT2D eigenvalue weighted by atomic mass is 31.1. The topological polar surface area (TPSA) is 12.9 Å². The van der Waals surface area contributed by atoms with Crippen LogP contribution in [-0.2, 0) is 0 Å². The molecule has 0 bridgehead atoms. The molecule has 0 N–H and O–H groups in total. The standard InChI is InChI=1S/C19H16NP/c1-3-10-18(11-4-1)21(19-12-5-2-6-13-19)16-14-17-9-7-8-15-20-17/h1-16H/b16-14-. The van der Waals surface area contributed by atoms with Crippen LogP contribution in [-0.4, -0.2) is 4.98 Å². The summed E-state index contributed by atoms with van der Waals surface area (Å²) in [6, 6.07) is 27.3. The molecule has 0 aliphatic heterocycles. The van der Waals surface area contributed by atoms with E-state index >= 15 is 0 Å². The molecule has 0 spiro atoms. The second-order valence-corrected chi connectivity index (χ2v) is 6.68. The van der Waals surface area contributed by atoms with Gasteiger partial charge in [-0.05, 0) is 42.6 Å². The number of pyridine rings is 1. The molecular formula is C19H16NP. The van der Waals surface area contributed by atoms with Crippen molar-refractivity contribution in [2.45, 2.75) is 0 Å². The third kappa shape index (κ3) is 3.65. The Bertz CT molecular complexity index is 654. The molecule has 102 valence electrons. The van der Waals surface area contributed by atoms with E-state index in [2.05, 4.69) is 77.5 Å². The van der Waals surface area contributed by atoms with Gasteiger partial charge in [0.15, 0.2) is 0 Å². The minimum Gasteiger partial charge on any atom is -0.257 e. The average Bonchev–Trinajstić information content (AvgIpc) is 2.58. The first kappa shape index (κ1) is 13.7. The van der Waals surface area contributed by atoms with Gasteiger partial charge >= 0.3 is 0 Å². The fraction of sp³-hybridized carbons (Fsp3) is 0. The molecule has 1 aromatic heterocycles. The van der Waals surface area contributed by atoms with E-state index < -0.39 is 7.92 Å². The lowest BCUT2D eigenvalue weighted by atomic mass is 10.3. The Balaban J connectivity index is 1.96. The zero-order chi connectivity index (χ0) is 14.3. The molecule has 0 fully saturated rings. The van der Waals surface area contributed by atoms with Crippen molar-refractivity contribution in [1.82, 2.24) is 4.98 Å². The van der Waals surface area contributed by atoms with Crippen LogP contribution in [0.2, 0.25) is 0 Å². The molecule has 0 saturated carbocycles. The predicted octanol–water partition coefficient (Wildman–Crippen LogP) is 4.19. The monoisotopic (exact) mass is 289 g/mol. The van der Waals surface area contributed by atoms with Crippen LogP contribution < -0.4 is 10.6 Å². The molecule has 2 aromatic carbocycles. The van der Waals surface area contributed by atoms with Crippen LogP contribution in [0.4, 0.5) is 0 Å². The molecular weight excluding hydrogens is 273 g/mol. The summed E-state index contributed by atoms with van der Waals surface area (Å²) in [5.41, 5.74) is 0.997. The van der Waals surface area contributed by atoms with E-state index in [1.54, 1.807) is 0 Å². The second kappa shape index (κ2) is 6.97. The summed E-state index contributed by atoms with van der Waals surface area (Å²) in [5.74, 6) is 2.28. The molecule has 0 aliphatic rings. The molecule has 0 saturated heterocycles. The van der Waals surface area contributed by atoms with Crippen LogP contribution in [0.1, 0.15) is 5.69 Å². The van der Waals surface area contributed by atoms with Crippen LogP contribution in [0.3, 0.4) is 0 Å². The largest absolute Gasteiger partial charge is 0.257 e. The van der Waals surface area contributed by atoms with Gasteiger partial charge in [0, 0.05) is 6.20 Å². The zero-order valence-electron chi connectivity index (χ0n) is 11.6. The van der Waals surface area contributed by atoms with Crippen molar-refractivity contribution in [2.75, 3.05) is 0 Å². The summed E-state index contributed by atoms with van der Waals surface area (Å²) in [4.78, 5) is 4.36. The van der Waals surface area contributed by atoms with E-state index in [-0.39, 0.29) is 0 Å². The van der Waals surface area contributed by atoms with Gasteiger partial charge in [-0.2, -0.15) is 0 Å². The van der Waals surface area contributed by atoms with Crippen LogP contribution in [0, 0.1) is 0 Å². The summed E-state index contributed by atoms with van der Waals surface area (Å²) in [5, 5.41) is 2.71. The van der Waals surface area contributed by atoms with Crippen molar-refractivity contribution >= 4 is 24.6 Å². The highest BCUT2D eigenvalue weighted by molar-refractivity contribution is 7.75. The molecule has 1 nitrogen and oxygen atoms in total. The Labute approximate surface area is 126 Å². The van der Waals surface area contributed by atoms with Crippen LogP contribution >= 0.6 is 7.92 Å². The maximum atomic E-state index is 4.36. The Morgan fingerprint density at radius 1 is 0.667 bits per heavy atom. The number of nitrogens with zero attached hydrogens (tertiary/aromatic N) is 1. The van der Waals surface area contributed by atoms with E-state index in [4.69, 9.17) is 0 Å². The Kier molecular flexibility index (Phi) is 4.55. The third-order valence-corrected chi connectivity index (χ3v) is 5.31. The van der Waals surface area contributed by atoms with Gasteiger partial charge in [-0.1, -0.05) is 66.7 Å². The van der Waals surface area contributed by atoms with Gasteiger partial charge in [-0.3, -0.25) is 4.98 Å². The van der Waals surface area contributed by atoms with E-state index in [1.165, 1.54) is 10.6 Å². The first-order chi connectivity index (χ1) is 10.4. The summed E-state index contributed by atoms with van der Waals surface area (Å²) in [7, 11) is -0.495. The molecule has 2 heteroatoms. The number of hydrogen-bond donors (Lipinski definition) is 0. The van der Waals surface area contributed by atoms with Gasteiger partial charge in [-0.15, -0.1) is 0 Å². The molecule has 21 heavy (non-hydrogen) atoms. The second-order valence-electron chi connectivity index (χ2n) is 4.61. The van der Waals surface area contributed by atoms with Gasteiger partial charge in [-0.25, -0.2) is 0 Å². The van der Waals surface area contributed by atoms with Crippen LogP contribution in [0.25, 0.3) is 6.08 Å². The molecule has 0 radical (unpaired) electrons. The number of rotatable bonds is 4. The molecule has 0 unspecified atom stereocenters. The van der Waals surface area contributed by atoms with Crippen molar-refractivity contribution in [3.05, 3.63) is 96.6 Å². The fourth-order valence-corrected chi connectivity index (χ4v) is 4.05. The lowest BCUT2D eigenvalue weighted by Gasteiger charge is -2.14. The minimum absolute atomic E-state index is 0.495. The van der Waals surface area contributed by atoms with E-state index in [0.717, 1.165) is 5.69 Å². The highest BCUT2D eigenvalue weighted by Crippen LogP contribution is 2.35. The Morgan fingerprint density at radius 2 is 1.24 bits per heavy atom. The lowest BCUT2D eigenvalue weighted by molar-refractivity contribution is 1.30. The third-order valence-electron chi connectivity index (χ3n) is 3.15. The number of benzene rings is 2. The first-order valence-electron chi connectivity index (χ1n) is 6.92. The summed E-state index contributed by atoms with van der Waals surface area (Å²) >= 11 is 0. The molecule has 0 aliphatic carbocycles. The first-order valence-corrected chi connectivity index (χ1v) is 8.33. The molecule has 3 rings (SSSR count). The maximum Gasteiger partial charge on any atom is 0.0630 e. The zero-order valence-corrected chi connectivity index (χ0v) is 12.5. The van der Waals surface area contributed by atoms with E-state index in [0.29, 0.717) is 0 Å². The molecule has 0 amide bonds. The Morgan fingerprint density at radius 3 is 1.76 bits per heavy atom. The van der Waals surface area contributed by atoms with Gasteiger partial charge < -0.3 is 0 Å². The van der Waals surface area contributed by atoms with Gasteiger partial charge in [0.2, 0.25) is 0 Å². The van der Waals surface area contributed by atoms with Crippen molar-refractivity contribution < 1.29 is 0 Å². The Hall–Kier alpha value is -2.24. The van der Waals surface area contributed by atoms with Crippen molar-refractivity contribution in [1.29, 1.82) is 0 Å². The smallest absolute Gasteiger partial charge is 0.0630 e. The van der Waals surface area contributed by atoms with Crippen LogP contribution in [0.15, 0.2) is 90.9 Å². The molecule has 0 atom stereocenters. The minimum atomic E-state index is -0.495. The number of hydrogen-bond acceptors (Lipinski definition) is 1. The summed E-state index contributed by atoms with van der Waals surface area (Å²) in [6.45, 7) is 0. The van der Waals surface area contributed by atoms with E-state index in [1.807, 2.05) is 24.4 Å². The maximum absolute atomic E-state index is 4.36. The SMILES string of the molecule is C(=C/P(c1ccccc1)c1ccccc1)/c1ccccn1. The number of aromatic nitrogens is 1. The average molecular weight is 289 g/mol. The van der Waals surface area contributed by atoms with Gasteiger partial charge in [0.05, 0.1) is 5.69 Å². The molecule has 1 heterocycles. The summed E-state index contributed by atoms with van der Waals surface area (Å²) < 4.78 is 0. The van der Waals surface area contributed by atoms with Crippen molar-refractivity contribution in [3.8, 4) is 0 Å². The molecule has 3 aromatic rings. The lowest BCUT2D eigenvalue weighted by Crippen LogP contribution is -2.09. The quantitative estimate of drug-likeness (QED) is 0.656. The van der Waals surface area contributed by atoms with Crippen molar-refractivity contribution in [2.24, 2.45) is 0 Å². The highest BCUT2D eigenvalue weighted by Gasteiger charge is 2.09. The van der Waals surface area contributed by atoms with E-state index in [9.17, 15) is 0 Å². The predicted molar refractivity (Wildman–Crippen MR) is 92.3 cm³/mol.